The largest absolute Gasteiger partial charge is 0.417 e. The van der Waals surface area contributed by atoms with Crippen LogP contribution in [0.25, 0.3) is 0 Å². The lowest BCUT2D eigenvalue weighted by molar-refractivity contribution is -0.137. The van der Waals surface area contributed by atoms with Gasteiger partial charge in [0.2, 0.25) is 0 Å². The Balaban J connectivity index is 0. The molecule has 0 spiro atoms. The van der Waals surface area contributed by atoms with Crippen molar-refractivity contribution < 1.29 is 23.1 Å². The number of carbonyl (C=O) groups excluding carboxylic acids is 1. The van der Waals surface area contributed by atoms with Crippen molar-refractivity contribution in [2.75, 3.05) is 17.7 Å². The molecule has 0 amide bonds. The Bertz CT molecular complexity index is 568. The maximum atomic E-state index is 12.5. The predicted molar refractivity (Wildman–Crippen MR) is 92.3 cm³/mol. The molecule has 0 aliphatic rings. The predicted octanol–water partition coefficient (Wildman–Crippen LogP) is 4.28. The van der Waals surface area contributed by atoms with E-state index >= 15 is 0 Å². The molecule has 2 N–H and O–H groups in total. The van der Waals surface area contributed by atoms with Crippen LogP contribution in [0.4, 0.5) is 18.9 Å². The lowest BCUT2D eigenvalue weighted by atomic mass is 10.0. The topological polar surface area (TPSA) is 73.1 Å². The van der Waals surface area contributed by atoms with Gasteiger partial charge in [-0.2, -0.15) is 18.4 Å². The van der Waals surface area contributed by atoms with Gasteiger partial charge in [-0.15, -0.1) is 0 Å². The third-order valence-electron chi connectivity index (χ3n) is 2.58. The fraction of sp³-hybridized carbons (Fsp3) is 0.500. The average molecular weight is 411 g/mol. The van der Waals surface area contributed by atoms with Crippen LogP contribution in [-0.2, 0) is 11.0 Å². The Morgan fingerprint density at radius 1 is 1.38 bits per heavy atom. The Labute approximate surface area is 148 Å². The van der Waals surface area contributed by atoms with Crippen molar-refractivity contribution in [2.24, 2.45) is 0 Å². The molecule has 0 aliphatic carbocycles. The minimum Gasteiger partial charge on any atom is -0.388 e. The molecule has 24 heavy (non-hydrogen) atoms. The van der Waals surface area contributed by atoms with Crippen molar-refractivity contribution in [3.8, 4) is 6.07 Å². The number of nitrogens with one attached hydrogen (secondary N) is 1. The number of carbonyl (C=O) groups is 1. The van der Waals surface area contributed by atoms with Gasteiger partial charge in [0.05, 0.1) is 17.2 Å². The SMILES string of the molecule is CC.CNc1cc(C(F)(F)F)c(C#N)cc1C.C[C@@](O)(C=O)CBr. The van der Waals surface area contributed by atoms with Gasteiger partial charge in [-0.3, -0.25) is 0 Å². The minimum atomic E-state index is -4.50. The zero-order valence-corrected chi connectivity index (χ0v) is 15.8. The number of nitrogens with zero attached hydrogens (tertiary/aromatic N) is 1. The minimum absolute atomic E-state index is 0.295. The van der Waals surface area contributed by atoms with Gasteiger partial charge in [-0.1, -0.05) is 29.8 Å². The van der Waals surface area contributed by atoms with Crippen LogP contribution in [0.1, 0.15) is 37.5 Å². The van der Waals surface area contributed by atoms with Gasteiger partial charge in [0.1, 0.15) is 5.60 Å². The molecule has 0 aromatic heterocycles. The van der Waals surface area contributed by atoms with Crippen molar-refractivity contribution >= 4 is 27.9 Å². The summed E-state index contributed by atoms with van der Waals surface area (Å²) in [7, 11) is 1.54. The van der Waals surface area contributed by atoms with E-state index in [-0.39, 0.29) is 5.56 Å². The molecule has 0 radical (unpaired) electrons. The first kappa shape index (κ1) is 24.7. The number of nitriles is 1. The molecule has 1 atom stereocenters. The van der Waals surface area contributed by atoms with Crippen LogP contribution in [0.2, 0.25) is 0 Å². The number of hydrogen-bond acceptors (Lipinski definition) is 4. The number of alkyl halides is 4. The van der Waals surface area contributed by atoms with Gasteiger partial charge in [0, 0.05) is 18.1 Å². The van der Waals surface area contributed by atoms with Crippen molar-refractivity contribution in [2.45, 2.75) is 39.5 Å². The quantitative estimate of drug-likeness (QED) is 0.575. The smallest absolute Gasteiger partial charge is 0.388 e. The van der Waals surface area contributed by atoms with Crippen LogP contribution in [0.15, 0.2) is 12.1 Å². The molecule has 1 rings (SSSR count). The molecule has 1 aromatic carbocycles. The van der Waals surface area contributed by atoms with Crippen molar-refractivity contribution in [1.29, 1.82) is 5.26 Å². The summed E-state index contributed by atoms with van der Waals surface area (Å²) < 4.78 is 37.5. The molecule has 136 valence electrons. The van der Waals surface area contributed by atoms with Gasteiger partial charge >= 0.3 is 6.18 Å². The highest BCUT2D eigenvalue weighted by atomic mass is 79.9. The van der Waals surface area contributed by atoms with E-state index < -0.39 is 17.3 Å². The molecule has 0 heterocycles. The molecule has 0 fully saturated rings. The first-order chi connectivity index (χ1) is 11.0. The molecule has 0 saturated heterocycles. The number of hydrogen-bond donors (Lipinski definition) is 2. The summed E-state index contributed by atoms with van der Waals surface area (Å²) in [5.41, 5.74) is -1.44. The fourth-order valence-electron chi connectivity index (χ4n) is 1.34. The van der Waals surface area contributed by atoms with Crippen molar-refractivity contribution in [3.05, 3.63) is 28.8 Å². The third-order valence-corrected chi connectivity index (χ3v) is 3.72. The molecular formula is C16H22BrF3N2O2. The molecule has 0 aliphatic heterocycles. The second-order valence-electron chi connectivity index (χ2n) is 4.68. The van der Waals surface area contributed by atoms with Gasteiger partial charge in [0.15, 0.2) is 6.29 Å². The molecule has 0 saturated carbocycles. The number of halogens is 4. The first-order valence-corrected chi connectivity index (χ1v) is 8.19. The van der Waals surface area contributed by atoms with E-state index in [1.54, 1.807) is 13.0 Å². The van der Waals surface area contributed by atoms with E-state index in [1.807, 2.05) is 13.8 Å². The summed E-state index contributed by atoms with van der Waals surface area (Å²) in [6.07, 6.45) is -3.99. The van der Waals surface area contributed by atoms with E-state index in [9.17, 15) is 18.0 Å². The third kappa shape index (κ3) is 8.31. The van der Waals surface area contributed by atoms with Crippen molar-refractivity contribution in [1.82, 2.24) is 0 Å². The monoisotopic (exact) mass is 410 g/mol. The van der Waals surface area contributed by atoms with Crippen LogP contribution >= 0.6 is 15.9 Å². The second kappa shape index (κ2) is 11.0. The summed E-state index contributed by atoms with van der Waals surface area (Å²) in [4.78, 5) is 9.78. The maximum Gasteiger partial charge on any atom is 0.417 e. The highest BCUT2D eigenvalue weighted by molar-refractivity contribution is 9.09. The number of benzene rings is 1. The summed E-state index contributed by atoms with van der Waals surface area (Å²) in [6, 6.07) is 3.73. The number of aldehydes is 1. The number of aliphatic hydroxyl groups is 1. The summed E-state index contributed by atoms with van der Waals surface area (Å²) >= 11 is 2.95. The normalized spacial score (nSPS) is 12.4. The lowest BCUT2D eigenvalue weighted by Gasteiger charge is -2.12. The van der Waals surface area contributed by atoms with Crippen LogP contribution in [0.5, 0.6) is 0 Å². The zero-order chi connectivity index (χ0) is 19.6. The van der Waals surface area contributed by atoms with Crippen LogP contribution in [-0.4, -0.2) is 29.4 Å². The van der Waals surface area contributed by atoms with E-state index in [0.29, 0.717) is 22.9 Å². The Hall–Kier alpha value is -1.59. The number of anilines is 1. The Morgan fingerprint density at radius 3 is 2.12 bits per heavy atom. The van der Waals surface area contributed by atoms with E-state index in [1.165, 1.54) is 20.0 Å². The summed E-state index contributed by atoms with van der Waals surface area (Å²) in [5.74, 6) is 0. The zero-order valence-electron chi connectivity index (χ0n) is 14.3. The van der Waals surface area contributed by atoms with Crippen LogP contribution in [0, 0.1) is 18.3 Å². The van der Waals surface area contributed by atoms with Crippen LogP contribution in [0.3, 0.4) is 0 Å². The second-order valence-corrected chi connectivity index (χ2v) is 5.24. The van der Waals surface area contributed by atoms with Gasteiger partial charge in [-0.25, -0.2) is 0 Å². The van der Waals surface area contributed by atoms with E-state index in [4.69, 9.17) is 10.4 Å². The van der Waals surface area contributed by atoms with E-state index in [2.05, 4.69) is 21.2 Å². The van der Waals surface area contributed by atoms with Gasteiger partial charge in [0.25, 0.3) is 0 Å². The molecule has 0 unspecified atom stereocenters. The molecule has 8 heteroatoms. The summed E-state index contributed by atoms with van der Waals surface area (Å²) in [6.45, 7) is 7.08. The first-order valence-electron chi connectivity index (χ1n) is 7.06. The molecule has 4 nitrogen and oxygen atoms in total. The van der Waals surface area contributed by atoms with Crippen molar-refractivity contribution in [3.63, 3.8) is 0 Å². The molecule has 0 bridgehead atoms. The van der Waals surface area contributed by atoms with Crippen LogP contribution < -0.4 is 5.32 Å². The van der Waals surface area contributed by atoms with Gasteiger partial charge < -0.3 is 15.2 Å². The highest BCUT2D eigenvalue weighted by Crippen LogP contribution is 2.34. The maximum absolute atomic E-state index is 12.5. The van der Waals surface area contributed by atoms with Gasteiger partial charge in [-0.05, 0) is 31.5 Å². The molecule has 1 aromatic rings. The standard InChI is InChI=1S/C10H9F3N2.C4H7BrO2.C2H6/c1-6-3-7(5-14)8(10(11,12)13)4-9(6)15-2;1-4(7,2-5)3-6;1-2/h3-4,15H,1-2H3;3,7H,2H2,1H3;1-2H3/t;4-;/m.0./s1. The fourth-order valence-corrected chi connectivity index (χ4v) is 1.47. The summed E-state index contributed by atoms with van der Waals surface area (Å²) in [5, 5.41) is 20.3. The molecular weight excluding hydrogens is 389 g/mol. The number of rotatable bonds is 3. The lowest BCUT2D eigenvalue weighted by Crippen LogP contribution is -2.27. The highest BCUT2D eigenvalue weighted by Gasteiger charge is 2.34. The number of aryl methyl sites for hydroxylation is 1. The average Bonchev–Trinajstić information content (AvgIpc) is 2.55. The Morgan fingerprint density at radius 2 is 1.88 bits per heavy atom. The van der Waals surface area contributed by atoms with E-state index in [0.717, 1.165) is 6.07 Å². The Kier molecular flexibility index (Phi) is 11.4.